The Morgan fingerprint density at radius 1 is 1.27 bits per heavy atom. The summed E-state index contributed by atoms with van der Waals surface area (Å²) < 4.78 is 72.3. The number of likely N-dealkylation sites (tertiary alicyclic amines) is 1. The molecule has 33 heavy (non-hydrogen) atoms. The molecule has 1 atom stereocenters. The van der Waals surface area contributed by atoms with Crippen molar-refractivity contribution in [2.75, 3.05) is 40.4 Å². The van der Waals surface area contributed by atoms with Crippen molar-refractivity contribution in [1.29, 1.82) is 0 Å². The maximum Gasteiger partial charge on any atom is 0.416 e. The van der Waals surface area contributed by atoms with E-state index in [0.717, 1.165) is 12.1 Å². The Morgan fingerprint density at radius 3 is 2.42 bits per heavy atom. The first-order valence-corrected chi connectivity index (χ1v) is 12.5. The van der Waals surface area contributed by atoms with Gasteiger partial charge in [-0.25, -0.2) is 8.42 Å². The lowest BCUT2D eigenvalue weighted by atomic mass is 10.00. The van der Waals surface area contributed by atoms with Crippen LogP contribution in [-0.2, 0) is 25.7 Å². The van der Waals surface area contributed by atoms with E-state index in [2.05, 4.69) is 5.32 Å². The fourth-order valence-corrected chi connectivity index (χ4v) is 5.77. The molecule has 0 aliphatic carbocycles. The second kappa shape index (κ2) is 11.6. The molecule has 1 heterocycles. The molecule has 2 rings (SSSR count). The van der Waals surface area contributed by atoms with Gasteiger partial charge in [0.1, 0.15) is 0 Å². The molecule has 1 unspecified atom stereocenters. The first kappa shape index (κ1) is 27.6. The molecule has 1 fully saturated rings. The van der Waals surface area contributed by atoms with Crippen LogP contribution in [0.2, 0.25) is 0 Å². The molecule has 1 saturated heterocycles. The number of alkyl halides is 3. The predicted molar refractivity (Wildman–Crippen MR) is 119 cm³/mol. The van der Waals surface area contributed by atoms with Crippen molar-refractivity contribution in [1.82, 2.24) is 14.5 Å². The molecule has 1 aromatic carbocycles. The summed E-state index contributed by atoms with van der Waals surface area (Å²) in [6.07, 6.45) is -3.16. The Hall–Kier alpha value is -1.69. The van der Waals surface area contributed by atoms with Gasteiger partial charge in [0.05, 0.1) is 23.1 Å². The average Bonchev–Trinajstić information content (AvgIpc) is 2.77. The zero-order valence-corrected chi connectivity index (χ0v) is 20.4. The van der Waals surface area contributed by atoms with Crippen molar-refractivity contribution in [3.05, 3.63) is 29.8 Å². The van der Waals surface area contributed by atoms with E-state index < -0.39 is 32.7 Å². The molecule has 188 valence electrons. The lowest BCUT2D eigenvalue weighted by Crippen LogP contribution is -2.53. The standard InChI is InChI=1S/C22H34F3N3O4S/c1-16(2)14-20(26-3)21(29)27-10-8-18(9-11-27)28(12-13-32-4)33(30,31)19-7-5-6-17(15-19)22(23,24)25/h5-7,15-16,18,20,26H,8-14H2,1-4H3. The number of hydrogen-bond donors (Lipinski definition) is 1. The van der Waals surface area contributed by atoms with Crippen molar-refractivity contribution >= 4 is 15.9 Å². The maximum absolute atomic E-state index is 13.3. The van der Waals surface area contributed by atoms with Crippen LogP contribution in [0.1, 0.15) is 38.7 Å². The highest BCUT2D eigenvalue weighted by Gasteiger charge is 2.37. The number of methoxy groups -OCH3 is 1. The Labute approximate surface area is 194 Å². The zero-order chi connectivity index (χ0) is 24.8. The fourth-order valence-electron chi connectivity index (χ4n) is 4.06. The van der Waals surface area contributed by atoms with Gasteiger partial charge in [0.2, 0.25) is 15.9 Å². The summed E-state index contributed by atoms with van der Waals surface area (Å²) in [5.41, 5.74) is -1.01. The van der Waals surface area contributed by atoms with Gasteiger partial charge in [0, 0.05) is 32.8 Å². The lowest BCUT2D eigenvalue weighted by Gasteiger charge is -2.39. The minimum absolute atomic E-state index is 0.0141. The molecule has 0 spiro atoms. The minimum atomic E-state index is -4.64. The number of carbonyl (C=O) groups is 1. The Bertz CT molecular complexity index is 885. The van der Waals surface area contributed by atoms with Gasteiger partial charge in [-0.3, -0.25) is 4.79 Å². The van der Waals surface area contributed by atoms with Gasteiger partial charge in [0.15, 0.2) is 0 Å². The molecule has 0 saturated carbocycles. The molecule has 0 bridgehead atoms. The second-order valence-electron chi connectivity index (χ2n) is 8.66. The normalized spacial score (nSPS) is 17.1. The molecule has 0 aromatic heterocycles. The third kappa shape index (κ3) is 7.14. The van der Waals surface area contributed by atoms with Crippen LogP contribution >= 0.6 is 0 Å². The van der Waals surface area contributed by atoms with Gasteiger partial charge in [-0.15, -0.1) is 0 Å². The average molecular weight is 494 g/mol. The summed E-state index contributed by atoms with van der Waals surface area (Å²) in [5, 5.41) is 3.05. The fraction of sp³-hybridized carbons (Fsp3) is 0.682. The van der Waals surface area contributed by atoms with Crippen molar-refractivity contribution in [3.63, 3.8) is 0 Å². The molecule has 1 aromatic rings. The predicted octanol–water partition coefficient (Wildman–Crippen LogP) is 2.97. The van der Waals surface area contributed by atoms with E-state index in [4.69, 9.17) is 4.74 Å². The first-order chi connectivity index (χ1) is 15.4. The summed E-state index contributed by atoms with van der Waals surface area (Å²) in [5.74, 6) is 0.319. The molecule has 1 aliphatic heterocycles. The van der Waals surface area contributed by atoms with Crippen LogP contribution in [0.15, 0.2) is 29.2 Å². The highest BCUT2D eigenvalue weighted by molar-refractivity contribution is 7.89. The molecule has 0 radical (unpaired) electrons. The van der Waals surface area contributed by atoms with Crippen molar-refractivity contribution in [3.8, 4) is 0 Å². The second-order valence-corrected chi connectivity index (χ2v) is 10.6. The van der Waals surface area contributed by atoms with E-state index >= 15 is 0 Å². The summed E-state index contributed by atoms with van der Waals surface area (Å²) in [6.45, 7) is 4.95. The van der Waals surface area contributed by atoms with Crippen molar-refractivity contribution < 1.29 is 31.1 Å². The first-order valence-electron chi connectivity index (χ1n) is 11.1. The summed E-state index contributed by atoms with van der Waals surface area (Å²) in [6, 6.07) is 3.03. The van der Waals surface area contributed by atoms with Crippen LogP contribution < -0.4 is 5.32 Å². The molecule has 11 heteroatoms. The van der Waals surface area contributed by atoms with Crippen molar-refractivity contribution in [2.45, 2.75) is 56.3 Å². The number of hydrogen-bond acceptors (Lipinski definition) is 5. The molecule has 1 N–H and O–H groups in total. The van der Waals surface area contributed by atoms with Crippen LogP contribution in [-0.4, -0.2) is 76.0 Å². The number of halogens is 3. The Kier molecular flexibility index (Phi) is 9.71. The van der Waals surface area contributed by atoms with Crippen LogP contribution in [0.4, 0.5) is 13.2 Å². The third-order valence-corrected chi connectivity index (χ3v) is 7.77. The number of ether oxygens (including phenoxy) is 1. The molecule has 7 nitrogen and oxygen atoms in total. The van der Waals surface area contributed by atoms with Crippen LogP contribution in [0.5, 0.6) is 0 Å². The number of rotatable bonds is 10. The summed E-state index contributed by atoms with van der Waals surface area (Å²) in [7, 11) is -1.02. The lowest BCUT2D eigenvalue weighted by molar-refractivity contribution is -0.137. The monoisotopic (exact) mass is 493 g/mol. The van der Waals surface area contributed by atoms with Crippen LogP contribution in [0.25, 0.3) is 0 Å². The number of carbonyl (C=O) groups excluding carboxylic acids is 1. The van der Waals surface area contributed by atoms with Gasteiger partial charge in [-0.05, 0) is 50.4 Å². The summed E-state index contributed by atoms with van der Waals surface area (Å²) in [4.78, 5) is 14.2. The van der Waals surface area contributed by atoms with Gasteiger partial charge < -0.3 is 15.0 Å². The van der Waals surface area contributed by atoms with Gasteiger partial charge in [0.25, 0.3) is 0 Å². The van der Waals surface area contributed by atoms with Gasteiger partial charge >= 0.3 is 6.18 Å². The van der Waals surface area contributed by atoms with E-state index in [1.165, 1.54) is 17.5 Å². The number of nitrogens with one attached hydrogen (secondary N) is 1. The number of amides is 1. The molecule has 1 amide bonds. The van der Waals surface area contributed by atoms with Gasteiger partial charge in [-0.2, -0.15) is 17.5 Å². The molecule has 1 aliphatic rings. The molecular formula is C22H34F3N3O4S. The molecular weight excluding hydrogens is 459 g/mol. The number of benzene rings is 1. The quantitative estimate of drug-likeness (QED) is 0.542. The number of sulfonamides is 1. The number of piperidine rings is 1. The zero-order valence-electron chi connectivity index (χ0n) is 19.6. The van der Waals surface area contributed by atoms with E-state index in [9.17, 15) is 26.4 Å². The van der Waals surface area contributed by atoms with Crippen molar-refractivity contribution in [2.24, 2.45) is 5.92 Å². The summed E-state index contributed by atoms with van der Waals surface area (Å²) >= 11 is 0. The minimum Gasteiger partial charge on any atom is -0.383 e. The van der Waals surface area contributed by atoms with E-state index in [0.29, 0.717) is 44.3 Å². The number of nitrogens with zero attached hydrogens (tertiary/aromatic N) is 2. The largest absolute Gasteiger partial charge is 0.416 e. The smallest absolute Gasteiger partial charge is 0.383 e. The number of likely N-dealkylation sites (N-methyl/N-ethyl adjacent to an activating group) is 1. The highest BCUT2D eigenvalue weighted by Crippen LogP contribution is 2.32. The van der Waals surface area contributed by atoms with E-state index in [-0.39, 0.29) is 25.1 Å². The van der Waals surface area contributed by atoms with Gasteiger partial charge in [-0.1, -0.05) is 19.9 Å². The highest BCUT2D eigenvalue weighted by atomic mass is 32.2. The van der Waals surface area contributed by atoms with Crippen LogP contribution in [0, 0.1) is 5.92 Å². The SMILES string of the molecule is CNC(CC(C)C)C(=O)N1CCC(N(CCOC)S(=O)(=O)c2cccc(C(F)(F)F)c2)CC1. The van der Waals surface area contributed by atoms with Crippen LogP contribution in [0.3, 0.4) is 0 Å². The third-order valence-electron chi connectivity index (χ3n) is 5.82. The van der Waals surface area contributed by atoms with E-state index in [1.807, 2.05) is 13.8 Å². The maximum atomic E-state index is 13.3. The Balaban J connectivity index is 2.20. The van der Waals surface area contributed by atoms with E-state index in [1.54, 1.807) is 11.9 Å². The Morgan fingerprint density at radius 2 is 1.91 bits per heavy atom. The topological polar surface area (TPSA) is 79.0 Å².